The average Bonchev–Trinajstić information content (AvgIpc) is 2.94. The van der Waals surface area contributed by atoms with Crippen LogP contribution in [0.4, 0.5) is 5.82 Å². The lowest BCUT2D eigenvalue weighted by atomic mass is 9.95. The Kier molecular flexibility index (Phi) is 6.15. The molecule has 7 nitrogen and oxygen atoms in total. The third-order valence-electron chi connectivity index (χ3n) is 4.16. The fourth-order valence-corrected chi connectivity index (χ4v) is 2.95. The SMILES string of the molecule is CCOC(=O)C1CCN([C@H](CC)C(=O)Nc2cc(C)on2)CC1. The Balaban J connectivity index is 1.89. The summed E-state index contributed by atoms with van der Waals surface area (Å²) < 4.78 is 10.0. The zero-order valence-electron chi connectivity index (χ0n) is 14.0. The zero-order valence-corrected chi connectivity index (χ0v) is 14.0. The molecule has 0 bridgehead atoms. The highest BCUT2D eigenvalue weighted by Gasteiger charge is 2.32. The van der Waals surface area contributed by atoms with Gasteiger partial charge in [-0.2, -0.15) is 0 Å². The van der Waals surface area contributed by atoms with Crippen LogP contribution in [0.1, 0.15) is 38.9 Å². The first-order valence-electron chi connectivity index (χ1n) is 8.20. The van der Waals surface area contributed by atoms with Crippen LogP contribution in [0.15, 0.2) is 10.6 Å². The highest BCUT2D eigenvalue weighted by molar-refractivity contribution is 5.94. The summed E-state index contributed by atoms with van der Waals surface area (Å²) in [5.74, 6) is 0.832. The second-order valence-electron chi connectivity index (χ2n) is 5.80. The Morgan fingerprint density at radius 2 is 2.13 bits per heavy atom. The highest BCUT2D eigenvalue weighted by Crippen LogP contribution is 2.22. The van der Waals surface area contributed by atoms with Crippen molar-refractivity contribution in [2.24, 2.45) is 5.92 Å². The minimum absolute atomic E-state index is 0.0510. The number of nitrogens with one attached hydrogen (secondary N) is 1. The topological polar surface area (TPSA) is 84.7 Å². The van der Waals surface area contributed by atoms with Gasteiger partial charge in [0.15, 0.2) is 5.82 Å². The van der Waals surface area contributed by atoms with Crippen LogP contribution in [0.3, 0.4) is 0 Å². The number of aryl methyl sites for hydroxylation is 1. The molecule has 1 aromatic heterocycles. The molecule has 7 heteroatoms. The number of anilines is 1. The molecule has 1 aliphatic rings. The number of nitrogens with zero attached hydrogens (tertiary/aromatic N) is 2. The van der Waals surface area contributed by atoms with Crippen molar-refractivity contribution in [3.63, 3.8) is 0 Å². The van der Waals surface area contributed by atoms with Gasteiger partial charge < -0.3 is 14.6 Å². The van der Waals surface area contributed by atoms with Gasteiger partial charge in [0.1, 0.15) is 5.76 Å². The molecule has 1 amide bonds. The van der Waals surface area contributed by atoms with Crippen LogP contribution < -0.4 is 5.32 Å². The number of amides is 1. The molecule has 0 aromatic carbocycles. The van der Waals surface area contributed by atoms with E-state index in [0.29, 0.717) is 37.7 Å². The van der Waals surface area contributed by atoms with Crippen LogP contribution in [-0.4, -0.2) is 47.7 Å². The fraction of sp³-hybridized carbons (Fsp3) is 0.688. The summed E-state index contributed by atoms with van der Waals surface area (Å²) in [6.07, 6.45) is 2.16. The summed E-state index contributed by atoms with van der Waals surface area (Å²) in [5.41, 5.74) is 0. The Bertz CT molecular complexity index is 535. The number of hydrogen-bond acceptors (Lipinski definition) is 6. The van der Waals surface area contributed by atoms with Gasteiger partial charge in [0.25, 0.3) is 0 Å². The van der Waals surface area contributed by atoms with Crippen LogP contribution in [-0.2, 0) is 14.3 Å². The largest absolute Gasteiger partial charge is 0.466 e. The van der Waals surface area contributed by atoms with Gasteiger partial charge >= 0.3 is 5.97 Å². The minimum atomic E-state index is -0.227. The monoisotopic (exact) mass is 323 g/mol. The average molecular weight is 323 g/mol. The molecule has 0 spiro atoms. The molecule has 2 rings (SSSR count). The number of rotatable bonds is 6. The molecule has 1 N–H and O–H groups in total. The maximum Gasteiger partial charge on any atom is 0.309 e. The normalized spacial score (nSPS) is 17.7. The molecule has 0 unspecified atom stereocenters. The van der Waals surface area contributed by atoms with E-state index < -0.39 is 0 Å². The van der Waals surface area contributed by atoms with Crippen molar-refractivity contribution < 1.29 is 18.8 Å². The van der Waals surface area contributed by atoms with Gasteiger partial charge in [-0.3, -0.25) is 14.5 Å². The van der Waals surface area contributed by atoms with Crippen molar-refractivity contribution >= 4 is 17.7 Å². The van der Waals surface area contributed by atoms with Crippen molar-refractivity contribution in [1.29, 1.82) is 0 Å². The number of ether oxygens (including phenoxy) is 1. The molecule has 1 aromatic rings. The van der Waals surface area contributed by atoms with E-state index in [2.05, 4.69) is 15.4 Å². The summed E-state index contributed by atoms with van der Waals surface area (Å²) in [6.45, 7) is 7.42. The van der Waals surface area contributed by atoms with E-state index in [4.69, 9.17) is 9.26 Å². The van der Waals surface area contributed by atoms with Crippen molar-refractivity contribution in [1.82, 2.24) is 10.1 Å². The lowest BCUT2D eigenvalue weighted by Gasteiger charge is -2.35. The summed E-state index contributed by atoms with van der Waals surface area (Å²) in [4.78, 5) is 26.3. The number of hydrogen-bond donors (Lipinski definition) is 1. The second-order valence-corrected chi connectivity index (χ2v) is 5.80. The maximum atomic E-state index is 12.4. The van der Waals surface area contributed by atoms with Gasteiger partial charge in [0.05, 0.1) is 18.6 Å². The number of piperidine rings is 1. The van der Waals surface area contributed by atoms with Crippen LogP contribution in [0.25, 0.3) is 0 Å². The van der Waals surface area contributed by atoms with Gasteiger partial charge in [0, 0.05) is 6.07 Å². The smallest absolute Gasteiger partial charge is 0.309 e. The molecule has 1 aliphatic heterocycles. The van der Waals surface area contributed by atoms with Crippen molar-refractivity contribution in [2.75, 3.05) is 25.0 Å². The number of carbonyl (C=O) groups is 2. The molecule has 2 heterocycles. The predicted octanol–water partition coefficient (Wildman–Crippen LogP) is 1.98. The molecule has 0 saturated carbocycles. The van der Waals surface area contributed by atoms with Gasteiger partial charge in [-0.25, -0.2) is 0 Å². The predicted molar refractivity (Wildman–Crippen MR) is 84.9 cm³/mol. The molecule has 0 radical (unpaired) electrons. The van der Waals surface area contributed by atoms with Crippen LogP contribution in [0.5, 0.6) is 0 Å². The Labute approximate surface area is 136 Å². The minimum Gasteiger partial charge on any atom is -0.466 e. The van der Waals surface area contributed by atoms with Gasteiger partial charge in [0.2, 0.25) is 5.91 Å². The summed E-state index contributed by atoms with van der Waals surface area (Å²) in [6, 6.07) is 1.47. The fourth-order valence-electron chi connectivity index (χ4n) is 2.95. The molecular formula is C16H25N3O4. The van der Waals surface area contributed by atoms with Gasteiger partial charge in [-0.15, -0.1) is 0 Å². The maximum absolute atomic E-state index is 12.4. The molecule has 0 aliphatic carbocycles. The second kappa shape index (κ2) is 8.10. The number of carbonyl (C=O) groups excluding carboxylic acids is 2. The van der Waals surface area contributed by atoms with E-state index in [9.17, 15) is 9.59 Å². The molecule has 1 saturated heterocycles. The quantitative estimate of drug-likeness (QED) is 0.806. The summed E-state index contributed by atoms with van der Waals surface area (Å²) in [7, 11) is 0. The molecule has 23 heavy (non-hydrogen) atoms. The van der Waals surface area contributed by atoms with E-state index in [1.165, 1.54) is 0 Å². The third kappa shape index (κ3) is 4.54. The van der Waals surface area contributed by atoms with E-state index >= 15 is 0 Å². The van der Waals surface area contributed by atoms with Crippen molar-refractivity contribution in [3.8, 4) is 0 Å². The zero-order chi connectivity index (χ0) is 16.8. The highest BCUT2D eigenvalue weighted by atomic mass is 16.5. The van der Waals surface area contributed by atoms with E-state index in [1.54, 1.807) is 13.0 Å². The number of esters is 1. The molecule has 128 valence electrons. The molecule has 1 atom stereocenters. The van der Waals surface area contributed by atoms with E-state index in [1.807, 2.05) is 13.8 Å². The van der Waals surface area contributed by atoms with Crippen LogP contribution >= 0.6 is 0 Å². The van der Waals surface area contributed by atoms with Crippen LogP contribution in [0.2, 0.25) is 0 Å². The van der Waals surface area contributed by atoms with Crippen molar-refractivity contribution in [3.05, 3.63) is 11.8 Å². The Morgan fingerprint density at radius 1 is 1.43 bits per heavy atom. The van der Waals surface area contributed by atoms with Crippen LogP contribution in [0, 0.1) is 12.8 Å². The van der Waals surface area contributed by atoms with Crippen molar-refractivity contribution in [2.45, 2.75) is 46.1 Å². The molecular weight excluding hydrogens is 298 g/mol. The number of aromatic nitrogens is 1. The first kappa shape index (κ1) is 17.5. The lowest BCUT2D eigenvalue weighted by Crippen LogP contribution is -2.48. The summed E-state index contributed by atoms with van der Waals surface area (Å²) in [5, 5.41) is 6.57. The van der Waals surface area contributed by atoms with Gasteiger partial charge in [-0.05, 0) is 46.2 Å². The molecule has 1 fully saturated rings. The van der Waals surface area contributed by atoms with E-state index in [-0.39, 0.29) is 23.8 Å². The lowest BCUT2D eigenvalue weighted by molar-refractivity contribution is -0.149. The van der Waals surface area contributed by atoms with E-state index in [0.717, 1.165) is 12.8 Å². The first-order chi connectivity index (χ1) is 11.0. The standard InChI is InChI=1S/C16H25N3O4/c1-4-13(15(20)17-14-10-11(3)23-18-14)19-8-6-12(7-9-19)16(21)22-5-2/h10,12-13H,4-9H2,1-3H3,(H,17,18,20)/t13-/m1/s1. The van der Waals surface area contributed by atoms with Gasteiger partial charge in [-0.1, -0.05) is 12.1 Å². The number of likely N-dealkylation sites (tertiary alicyclic amines) is 1. The first-order valence-corrected chi connectivity index (χ1v) is 8.20. The Morgan fingerprint density at radius 3 is 2.65 bits per heavy atom. The summed E-state index contributed by atoms with van der Waals surface area (Å²) >= 11 is 0. The third-order valence-corrected chi connectivity index (χ3v) is 4.16. The Hall–Kier alpha value is -1.89.